The van der Waals surface area contributed by atoms with Crippen LogP contribution in [0.3, 0.4) is 0 Å². The Morgan fingerprint density at radius 3 is 1.71 bits per heavy atom. The Kier molecular flexibility index (Phi) is 32.8. The third-order valence-corrected chi connectivity index (χ3v) is 6.03. The van der Waals surface area contributed by atoms with Crippen LogP contribution in [0, 0.1) is 0 Å². The summed E-state index contributed by atoms with van der Waals surface area (Å²) in [6, 6.07) is 0. The average molecular weight is 582 g/mol. The molecule has 0 saturated carbocycles. The normalized spacial score (nSPS) is 11.6. The fraction of sp³-hybridized carbons (Fsp3) is 0.880. The van der Waals surface area contributed by atoms with Crippen molar-refractivity contribution in [1.29, 1.82) is 0 Å². The fourth-order valence-corrected chi connectivity index (χ4v) is 3.91. The predicted molar refractivity (Wildman–Crippen MR) is 133 cm³/mol. The predicted octanol–water partition coefficient (Wildman–Crippen LogP) is -2.31. The Morgan fingerprint density at radius 1 is 0.737 bits per heavy atom. The monoisotopic (exact) mass is 581 g/mol. The summed E-state index contributed by atoms with van der Waals surface area (Å²) in [7, 11) is -5.25. The Bertz CT molecular complexity index is 650. The minimum absolute atomic E-state index is 0. The van der Waals surface area contributed by atoms with Crippen molar-refractivity contribution in [1.82, 2.24) is 5.32 Å². The molecule has 0 aliphatic carbocycles. The van der Waals surface area contributed by atoms with Gasteiger partial charge in [-0.2, -0.15) is 0 Å². The van der Waals surface area contributed by atoms with Crippen molar-refractivity contribution in [3.63, 3.8) is 0 Å². The number of rotatable bonds is 24. The largest absolute Gasteiger partial charge is 1.00 e. The number of carbonyl (C=O) groups is 3. The molecular formula is C25H46NNa2O9P. The molecule has 0 spiro atoms. The first-order valence-electron chi connectivity index (χ1n) is 13.4. The number of hydrogen-bond acceptors (Lipinski definition) is 9. The summed E-state index contributed by atoms with van der Waals surface area (Å²) in [5.41, 5.74) is 0. The molecule has 0 aromatic heterocycles. The van der Waals surface area contributed by atoms with E-state index in [9.17, 15) is 28.7 Å². The van der Waals surface area contributed by atoms with Crippen molar-refractivity contribution in [2.45, 2.75) is 123 Å². The van der Waals surface area contributed by atoms with Gasteiger partial charge in [-0.15, -0.1) is 0 Å². The van der Waals surface area contributed by atoms with Crippen molar-refractivity contribution in [3.05, 3.63) is 0 Å². The molecule has 0 unspecified atom stereocenters. The summed E-state index contributed by atoms with van der Waals surface area (Å²) >= 11 is 0. The molecule has 13 heteroatoms. The Balaban J connectivity index is -0.00000612. The van der Waals surface area contributed by atoms with Gasteiger partial charge < -0.3 is 33.7 Å². The molecule has 0 aromatic rings. The van der Waals surface area contributed by atoms with E-state index in [1.54, 1.807) is 0 Å². The third kappa shape index (κ3) is 32.7. The van der Waals surface area contributed by atoms with E-state index in [4.69, 9.17) is 9.47 Å². The summed E-state index contributed by atoms with van der Waals surface area (Å²) in [5.74, 6) is -1.10. The second-order valence-electron chi connectivity index (χ2n) is 9.12. The second kappa shape index (κ2) is 29.0. The number of ether oxygens (including phenoxy) is 2. The van der Waals surface area contributed by atoms with Gasteiger partial charge in [-0.25, -0.2) is 0 Å². The van der Waals surface area contributed by atoms with E-state index >= 15 is 0 Å². The third-order valence-electron chi connectivity index (χ3n) is 5.56. The molecule has 0 aliphatic rings. The van der Waals surface area contributed by atoms with Crippen LogP contribution in [0.25, 0.3) is 0 Å². The van der Waals surface area contributed by atoms with Crippen LogP contribution in [-0.4, -0.2) is 43.7 Å². The van der Waals surface area contributed by atoms with Gasteiger partial charge in [0.2, 0.25) is 5.91 Å². The molecule has 10 nitrogen and oxygen atoms in total. The number of nitrogens with one attached hydrogen (secondary N) is 1. The van der Waals surface area contributed by atoms with E-state index in [0.717, 1.165) is 44.9 Å². The van der Waals surface area contributed by atoms with Crippen LogP contribution in [0.1, 0.15) is 117 Å². The van der Waals surface area contributed by atoms with E-state index in [0.29, 0.717) is 19.4 Å². The molecule has 0 saturated heterocycles. The first kappa shape index (κ1) is 43.0. The number of carbonyl (C=O) groups excluding carboxylic acids is 3. The molecule has 212 valence electrons. The van der Waals surface area contributed by atoms with E-state index < -0.39 is 32.5 Å². The summed E-state index contributed by atoms with van der Waals surface area (Å²) in [6.07, 6.45) is 13.2. The smallest absolute Gasteiger partial charge is 0.790 e. The first-order chi connectivity index (χ1) is 17.1. The van der Waals surface area contributed by atoms with Crippen LogP contribution in [0.2, 0.25) is 0 Å². The van der Waals surface area contributed by atoms with E-state index in [1.165, 1.54) is 39.0 Å². The topological polar surface area (TPSA) is 154 Å². The number of unbranched alkanes of at least 4 members (excludes halogenated alkanes) is 12. The minimum atomic E-state index is -5.25. The number of hydrogen-bond donors (Lipinski definition) is 1. The summed E-state index contributed by atoms with van der Waals surface area (Å²) in [6.45, 7) is 3.23. The van der Waals surface area contributed by atoms with Crippen LogP contribution < -0.4 is 74.2 Å². The molecule has 0 heterocycles. The van der Waals surface area contributed by atoms with Crippen molar-refractivity contribution < 1.29 is 102 Å². The van der Waals surface area contributed by atoms with Crippen LogP contribution in [-0.2, 0) is 32.9 Å². The van der Waals surface area contributed by atoms with E-state index in [-0.39, 0.29) is 84.5 Å². The maximum Gasteiger partial charge on any atom is 1.00 e. The second-order valence-corrected chi connectivity index (χ2v) is 10.3. The van der Waals surface area contributed by atoms with Crippen molar-refractivity contribution >= 4 is 25.7 Å². The molecule has 38 heavy (non-hydrogen) atoms. The summed E-state index contributed by atoms with van der Waals surface area (Å²) < 4.78 is 25.3. The van der Waals surface area contributed by atoms with Crippen molar-refractivity contribution in [2.75, 3.05) is 19.8 Å². The zero-order chi connectivity index (χ0) is 27.1. The van der Waals surface area contributed by atoms with Crippen molar-refractivity contribution in [2.24, 2.45) is 0 Å². The van der Waals surface area contributed by atoms with Gasteiger partial charge in [-0.1, -0.05) is 77.6 Å². The van der Waals surface area contributed by atoms with Crippen LogP contribution in [0.15, 0.2) is 0 Å². The molecule has 0 rings (SSSR count). The Hall–Kier alpha value is 0.520. The van der Waals surface area contributed by atoms with E-state index in [1.807, 2.05) is 0 Å². The fourth-order valence-electron chi connectivity index (χ4n) is 3.56. The van der Waals surface area contributed by atoms with Gasteiger partial charge in [0.15, 0.2) is 6.10 Å². The van der Waals surface area contributed by atoms with Gasteiger partial charge in [0.05, 0.1) is 14.4 Å². The Morgan fingerprint density at radius 2 is 1.21 bits per heavy atom. The SMILES string of the molecule is CCCCCCCCCCCC(=O)O[C@H](COC(=O)CCCCCCCNC(C)=O)COP(=O)([O-])[O-].[Na+].[Na+]. The van der Waals surface area contributed by atoms with Crippen molar-refractivity contribution in [3.8, 4) is 0 Å². The molecule has 1 N–H and O–H groups in total. The zero-order valence-electron chi connectivity index (χ0n) is 24.1. The molecule has 0 bridgehead atoms. The first-order valence-corrected chi connectivity index (χ1v) is 14.9. The van der Waals surface area contributed by atoms with Gasteiger partial charge in [0.25, 0.3) is 0 Å². The number of esters is 2. The summed E-state index contributed by atoms with van der Waals surface area (Å²) in [4.78, 5) is 56.5. The molecule has 1 amide bonds. The van der Waals surface area contributed by atoms with Gasteiger partial charge in [0, 0.05) is 26.3 Å². The quantitative estimate of drug-likeness (QED) is 0.0573. The van der Waals surface area contributed by atoms with E-state index in [2.05, 4.69) is 16.8 Å². The van der Waals surface area contributed by atoms with Crippen LogP contribution in [0.4, 0.5) is 0 Å². The molecule has 0 aromatic carbocycles. The minimum Gasteiger partial charge on any atom is -0.790 e. The van der Waals surface area contributed by atoms with Crippen LogP contribution in [0.5, 0.6) is 0 Å². The Labute approximate surface area is 273 Å². The number of phosphoric acid groups is 1. The number of amides is 1. The molecule has 0 fully saturated rings. The van der Waals surface area contributed by atoms with Gasteiger partial charge >= 0.3 is 71.1 Å². The average Bonchev–Trinajstić information content (AvgIpc) is 2.80. The summed E-state index contributed by atoms with van der Waals surface area (Å²) in [5, 5.41) is 2.73. The van der Waals surface area contributed by atoms with Gasteiger partial charge in [-0.05, 0) is 19.3 Å². The molecular weight excluding hydrogens is 535 g/mol. The van der Waals surface area contributed by atoms with Crippen LogP contribution >= 0.6 is 7.82 Å². The number of phosphoric ester groups is 1. The van der Waals surface area contributed by atoms with Gasteiger partial charge in [0.1, 0.15) is 6.61 Å². The maximum absolute atomic E-state index is 12.1. The molecule has 1 atom stereocenters. The zero-order valence-corrected chi connectivity index (χ0v) is 29.0. The molecule has 0 radical (unpaired) electrons. The van der Waals surface area contributed by atoms with Gasteiger partial charge in [-0.3, -0.25) is 14.4 Å². The molecule has 0 aliphatic heterocycles. The standard InChI is InChI=1S/C25H48NO9P.2Na/c1-3-4-5-6-7-8-9-11-15-18-25(29)35-23(21-34-36(30,31)32)20-33-24(28)17-14-12-10-13-16-19-26-22(2)27;;/h23H,3-21H2,1-2H3,(H,26,27)(H2,30,31,32);;/q;2*+1/p-2/t23-;;/m1../s1. The maximum atomic E-state index is 12.1.